The van der Waals surface area contributed by atoms with E-state index >= 15 is 0 Å². The third kappa shape index (κ3) is 3.86. The predicted molar refractivity (Wildman–Crippen MR) is 148 cm³/mol. The molecule has 0 saturated carbocycles. The minimum absolute atomic E-state index is 0.0367. The first-order chi connectivity index (χ1) is 18.3. The van der Waals surface area contributed by atoms with Crippen molar-refractivity contribution in [3.05, 3.63) is 70.6 Å². The number of nitrogens with zero attached hydrogens (tertiary/aromatic N) is 2. The molecular weight excluding hydrogens is 480 g/mol. The van der Waals surface area contributed by atoms with Gasteiger partial charge in [0, 0.05) is 53.5 Å². The molecule has 3 saturated heterocycles. The summed E-state index contributed by atoms with van der Waals surface area (Å²) in [7, 11) is 0. The molecule has 4 aliphatic rings. The van der Waals surface area contributed by atoms with E-state index in [4.69, 9.17) is 4.74 Å². The van der Waals surface area contributed by atoms with Crippen molar-refractivity contribution in [3.63, 3.8) is 0 Å². The molecule has 7 rings (SSSR count). The number of carbonyl (C=O) groups is 1. The molecular formula is C30H36N4O2S. The molecule has 3 aromatic rings. The SMILES string of the molecule is O=C1NC(N2CCNC(c3cc4ccccc4s3)C2(C2CCCCO2)N2CCCCC2)c2ccccc21. The van der Waals surface area contributed by atoms with Crippen molar-refractivity contribution in [2.75, 3.05) is 32.8 Å². The van der Waals surface area contributed by atoms with Gasteiger partial charge in [0.15, 0.2) is 0 Å². The van der Waals surface area contributed by atoms with Gasteiger partial charge in [-0.1, -0.05) is 42.8 Å². The molecule has 0 radical (unpaired) electrons. The second-order valence-electron chi connectivity index (χ2n) is 10.9. The van der Waals surface area contributed by atoms with Gasteiger partial charge in [0.2, 0.25) is 0 Å². The molecule has 5 heterocycles. The third-order valence-corrected chi connectivity index (χ3v) is 10.1. The van der Waals surface area contributed by atoms with Crippen LogP contribution in [0.4, 0.5) is 0 Å². The lowest BCUT2D eigenvalue weighted by molar-refractivity contribution is -0.215. The molecule has 0 spiro atoms. The van der Waals surface area contributed by atoms with Crippen LogP contribution in [0.15, 0.2) is 54.6 Å². The highest BCUT2D eigenvalue weighted by Gasteiger charge is 2.60. The summed E-state index contributed by atoms with van der Waals surface area (Å²) in [6.07, 6.45) is 6.93. The quantitative estimate of drug-likeness (QED) is 0.509. The van der Waals surface area contributed by atoms with Crippen LogP contribution in [0.1, 0.15) is 71.5 Å². The maximum atomic E-state index is 13.2. The molecule has 1 aromatic heterocycles. The van der Waals surface area contributed by atoms with Crippen LogP contribution in [0.25, 0.3) is 10.1 Å². The number of rotatable bonds is 4. The van der Waals surface area contributed by atoms with E-state index in [1.165, 1.54) is 40.6 Å². The molecule has 2 N–H and O–H groups in total. The molecule has 1 amide bonds. The molecule has 2 aromatic carbocycles. The largest absolute Gasteiger partial charge is 0.375 e. The summed E-state index contributed by atoms with van der Waals surface area (Å²) in [5, 5.41) is 8.71. The summed E-state index contributed by atoms with van der Waals surface area (Å²) in [6, 6.07) is 19.3. The predicted octanol–water partition coefficient (Wildman–Crippen LogP) is 5.04. The van der Waals surface area contributed by atoms with Crippen LogP contribution < -0.4 is 10.6 Å². The summed E-state index contributed by atoms with van der Waals surface area (Å²) in [6.45, 7) is 4.65. The lowest BCUT2D eigenvalue weighted by Crippen LogP contribution is -2.77. The lowest BCUT2D eigenvalue weighted by atomic mass is 9.81. The number of hydrogen-bond donors (Lipinski definition) is 2. The Bertz CT molecular complexity index is 1230. The lowest BCUT2D eigenvalue weighted by Gasteiger charge is -2.62. The van der Waals surface area contributed by atoms with Gasteiger partial charge < -0.3 is 15.4 Å². The van der Waals surface area contributed by atoms with Gasteiger partial charge in [-0.2, -0.15) is 0 Å². The number of fused-ring (bicyclic) bond motifs is 2. The van der Waals surface area contributed by atoms with E-state index < -0.39 is 5.66 Å². The molecule has 4 atom stereocenters. The number of hydrogen-bond acceptors (Lipinski definition) is 6. The number of likely N-dealkylation sites (tertiary alicyclic amines) is 1. The highest BCUT2D eigenvalue weighted by Crippen LogP contribution is 2.50. The van der Waals surface area contributed by atoms with Crippen molar-refractivity contribution in [1.82, 2.24) is 20.4 Å². The maximum Gasteiger partial charge on any atom is 0.253 e. The van der Waals surface area contributed by atoms with Crippen LogP contribution in [0.2, 0.25) is 0 Å². The Morgan fingerprint density at radius 2 is 1.78 bits per heavy atom. The van der Waals surface area contributed by atoms with Crippen molar-refractivity contribution in [2.45, 2.75) is 62.5 Å². The van der Waals surface area contributed by atoms with Gasteiger partial charge in [-0.05, 0) is 55.7 Å². The average molecular weight is 517 g/mol. The van der Waals surface area contributed by atoms with Gasteiger partial charge in [0.25, 0.3) is 5.91 Å². The van der Waals surface area contributed by atoms with Crippen molar-refractivity contribution >= 4 is 27.3 Å². The first-order valence-electron chi connectivity index (χ1n) is 14.0. The van der Waals surface area contributed by atoms with Crippen LogP contribution in [0.3, 0.4) is 0 Å². The van der Waals surface area contributed by atoms with Crippen LogP contribution in [0.5, 0.6) is 0 Å². The topological polar surface area (TPSA) is 56.8 Å². The van der Waals surface area contributed by atoms with Crippen LogP contribution in [-0.4, -0.2) is 60.3 Å². The molecule has 4 aliphatic heterocycles. The first-order valence-corrected chi connectivity index (χ1v) is 14.8. The van der Waals surface area contributed by atoms with Crippen molar-refractivity contribution in [2.24, 2.45) is 0 Å². The number of thiophene rings is 1. The molecule has 4 unspecified atom stereocenters. The van der Waals surface area contributed by atoms with Crippen molar-refractivity contribution < 1.29 is 9.53 Å². The number of piperazine rings is 1. The number of nitrogens with one attached hydrogen (secondary N) is 2. The standard InChI is InChI=1S/C30H36N4O2S/c35-29-23-12-4-3-11-22(23)28(32-29)34-18-15-31-27(25-20-21-10-2-5-13-24(21)37-25)30(34,26-14-6-9-19-36-26)33-16-7-1-8-17-33/h2-5,10-13,20,26-28,31H,1,6-9,14-19H2,(H,32,35). The fourth-order valence-electron chi connectivity index (χ4n) is 7.35. The molecule has 194 valence electrons. The van der Waals surface area contributed by atoms with Crippen molar-refractivity contribution in [1.29, 1.82) is 0 Å². The molecule has 6 nitrogen and oxygen atoms in total. The summed E-state index contributed by atoms with van der Waals surface area (Å²) in [4.78, 5) is 19.9. The number of benzene rings is 2. The number of amides is 1. The van der Waals surface area contributed by atoms with Crippen LogP contribution >= 0.6 is 11.3 Å². The van der Waals surface area contributed by atoms with E-state index in [9.17, 15) is 4.79 Å². The summed E-state index contributed by atoms with van der Waals surface area (Å²) < 4.78 is 8.10. The van der Waals surface area contributed by atoms with E-state index in [1.54, 1.807) is 0 Å². The second kappa shape index (κ2) is 9.79. The van der Waals surface area contributed by atoms with Gasteiger partial charge in [-0.25, -0.2) is 0 Å². The Balaban J connectivity index is 1.42. The summed E-state index contributed by atoms with van der Waals surface area (Å²) in [5.74, 6) is 0.0367. The fraction of sp³-hybridized carbons (Fsp3) is 0.500. The zero-order valence-electron chi connectivity index (χ0n) is 21.3. The molecule has 7 heteroatoms. The Hall–Kier alpha value is -2.29. The highest BCUT2D eigenvalue weighted by molar-refractivity contribution is 7.19. The van der Waals surface area contributed by atoms with Gasteiger partial charge in [0.1, 0.15) is 11.8 Å². The van der Waals surface area contributed by atoms with Crippen molar-refractivity contribution in [3.8, 4) is 0 Å². The first kappa shape index (κ1) is 23.8. The van der Waals surface area contributed by atoms with Gasteiger partial charge >= 0.3 is 0 Å². The van der Waals surface area contributed by atoms with Gasteiger partial charge in [-0.15, -0.1) is 11.3 Å². The fourth-order valence-corrected chi connectivity index (χ4v) is 8.56. The van der Waals surface area contributed by atoms with E-state index in [2.05, 4.69) is 62.9 Å². The van der Waals surface area contributed by atoms with E-state index in [1.807, 2.05) is 23.5 Å². The average Bonchev–Trinajstić information content (AvgIpc) is 3.55. The molecule has 0 bridgehead atoms. The third-order valence-electron chi connectivity index (χ3n) is 8.91. The summed E-state index contributed by atoms with van der Waals surface area (Å²) in [5.41, 5.74) is 1.51. The van der Waals surface area contributed by atoms with E-state index in [0.29, 0.717) is 0 Å². The zero-order valence-corrected chi connectivity index (χ0v) is 22.1. The Kier molecular flexibility index (Phi) is 6.29. The van der Waals surface area contributed by atoms with Gasteiger partial charge in [-0.3, -0.25) is 14.6 Å². The van der Waals surface area contributed by atoms with Crippen LogP contribution in [-0.2, 0) is 4.74 Å². The molecule has 0 aliphatic carbocycles. The maximum absolute atomic E-state index is 13.2. The summed E-state index contributed by atoms with van der Waals surface area (Å²) >= 11 is 1.91. The number of ether oxygens (including phenoxy) is 1. The Labute approximate surface area is 223 Å². The van der Waals surface area contributed by atoms with E-state index in [-0.39, 0.29) is 24.2 Å². The minimum Gasteiger partial charge on any atom is -0.375 e. The number of piperidine rings is 1. The number of carbonyl (C=O) groups excluding carboxylic acids is 1. The molecule has 3 fully saturated rings. The zero-order chi connectivity index (χ0) is 24.8. The monoisotopic (exact) mass is 516 g/mol. The molecule has 37 heavy (non-hydrogen) atoms. The van der Waals surface area contributed by atoms with Crippen LogP contribution in [0, 0.1) is 0 Å². The Morgan fingerprint density at radius 1 is 0.946 bits per heavy atom. The minimum atomic E-state index is -0.393. The normalized spacial score (nSPS) is 31.4. The Morgan fingerprint density at radius 3 is 2.62 bits per heavy atom. The smallest absolute Gasteiger partial charge is 0.253 e. The highest BCUT2D eigenvalue weighted by atomic mass is 32.1. The second-order valence-corrected chi connectivity index (χ2v) is 12.0. The van der Waals surface area contributed by atoms with E-state index in [0.717, 1.165) is 56.8 Å². The van der Waals surface area contributed by atoms with Gasteiger partial charge in [0.05, 0.1) is 12.1 Å².